The number of hydrogen-bond acceptors (Lipinski definition) is 1. The lowest BCUT2D eigenvalue weighted by molar-refractivity contribution is 0.626. The molecule has 0 atom stereocenters. The molecule has 1 aromatic heterocycles. The maximum absolute atomic E-state index is 12.9. The van der Waals surface area contributed by atoms with Gasteiger partial charge in [0, 0.05) is 3.57 Å². The molecule has 2 aromatic carbocycles. The number of aromatic amines is 1. The molecule has 1 N–H and O–H groups in total. The number of aromatic nitrogens is 2. The molecule has 0 unspecified atom stereocenters. The molecule has 0 saturated heterocycles. The summed E-state index contributed by atoms with van der Waals surface area (Å²) in [6.45, 7) is 0.639. The van der Waals surface area contributed by atoms with Crippen molar-refractivity contribution in [2.75, 3.05) is 0 Å². The fourth-order valence-corrected chi connectivity index (χ4v) is 2.83. The average molecular weight is 384 g/mol. The molecule has 3 rings (SSSR count). The van der Waals surface area contributed by atoms with Crippen LogP contribution in [-0.2, 0) is 6.54 Å². The molecule has 19 heavy (non-hydrogen) atoms. The summed E-state index contributed by atoms with van der Waals surface area (Å²) in [4.78, 5) is 3.20. The van der Waals surface area contributed by atoms with Crippen LogP contribution in [0.15, 0.2) is 42.5 Å². The first-order valence-electron chi connectivity index (χ1n) is 5.76. The molecule has 0 spiro atoms. The highest BCUT2D eigenvalue weighted by Gasteiger charge is 2.05. The number of fused-ring (bicyclic) bond motifs is 1. The third-order valence-electron chi connectivity index (χ3n) is 2.99. The molecule has 5 heteroatoms. The number of nitrogens with one attached hydrogen (secondary N) is 1. The Kier molecular flexibility index (Phi) is 3.40. The lowest BCUT2D eigenvalue weighted by atomic mass is 10.2. The van der Waals surface area contributed by atoms with E-state index in [-0.39, 0.29) is 5.82 Å². The van der Waals surface area contributed by atoms with E-state index >= 15 is 0 Å². The van der Waals surface area contributed by atoms with Crippen molar-refractivity contribution in [3.05, 3.63) is 62.2 Å². The van der Waals surface area contributed by atoms with Gasteiger partial charge in [0.1, 0.15) is 5.82 Å². The smallest absolute Gasteiger partial charge is 0.178 e. The van der Waals surface area contributed by atoms with Crippen LogP contribution in [0.2, 0.25) is 0 Å². The number of imidazole rings is 1. The highest BCUT2D eigenvalue weighted by molar-refractivity contribution is 14.1. The first-order valence-corrected chi connectivity index (χ1v) is 7.25. The Hall–Kier alpha value is -1.21. The molecule has 0 amide bonds. The molecular formula is C14H10FIN2S. The number of H-pyrrole nitrogens is 1. The summed E-state index contributed by atoms with van der Waals surface area (Å²) in [7, 11) is 0. The van der Waals surface area contributed by atoms with Gasteiger partial charge < -0.3 is 9.55 Å². The maximum Gasteiger partial charge on any atom is 0.178 e. The first-order chi connectivity index (χ1) is 9.13. The van der Waals surface area contributed by atoms with Crippen LogP contribution >= 0.6 is 34.8 Å². The van der Waals surface area contributed by atoms with Gasteiger partial charge in [-0.3, -0.25) is 0 Å². The van der Waals surface area contributed by atoms with Gasteiger partial charge in [-0.1, -0.05) is 12.1 Å². The second-order valence-corrected chi connectivity index (χ2v) is 5.94. The lowest BCUT2D eigenvalue weighted by Crippen LogP contribution is -1.99. The minimum atomic E-state index is -0.221. The van der Waals surface area contributed by atoms with E-state index in [0.717, 1.165) is 20.2 Å². The molecular weight excluding hydrogens is 374 g/mol. The summed E-state index contributed by atoms with van der Waals surface area (Å²) in [5, 5.41) is 0. The van der Waals surface area contributed by atoms with Crippen LogP contribution < -0.4 is 0 Å². The van der Waals surface area contributed by atoms with Crippen LogP contribution in [0.3, 0.4) is 0 Å². The van der Waals surface area contributed by atoms with Gasteiger partial charge in [0.25, 0.3) is 0 Å². The van der Waals surface area contributed by atoms with Crippen LogP contribution in [0, 0.1) is 14.2 Å². The zero-order valence-electron chi connectivity index (χ0n) is 9.86. The van der Waals surface area contributed by atoms with Gasteiger partial charge in [0.05, 0.1) is 17.6 Å². The zero-order valence-corrected chi connectivity index (χ0v) is 12.8. The van der Waals surface area contributed by atoms with Crippen molar-refractivity contribution in [2.24, 2.45) is 0 Å². The standard InChI is InChI=1S/C14H10FIN2S/c15-10-3-1-9(2-4-10)8-18-13-6-5-11(16)7-12(13)17-14(18)19/h1-7H,8H2,(H,17,19). The number of nitrogens with zero attached hydrogens (tertiary/aromatic N) is 1. The van der Waals surface area contributed by atoms with Crippen LogP contribution in [0.5, 0.6) is 0 Å². The predicted octanol–water partition coefficient (Wildman–Crippen LogP) is 4.49. The van der Waals surface area contributed by atoms with E-state index in [2.05, 4.69) is 33.6 Å². The molecule has 0 aliphatic carbocycles. The van der Waals surface area contributed by atoms with E-state index in [1.54, 1.807) is 12.1 Å². The quantitative estimate of drug-likeness (QED) is 0.510. The highest BCUT2D eigenvalue weighted by atomic mass is 127. The van der Waals surface area contributed by atoms with Crippen molar-refractivity contribution in [3.63, 3.8) is 0 Å². The SMILES string of the molecule is Fc1ccc(Cn2c(=S)[nH]c3cc(I)ccc32)cc1. The third kappa shape index (κ3) is 2.57. The molecule has 1 heterocycles. The Bertz CT molecular complexity index is 789. The molecule has 0 radical (unpaired) electrons. The summed E-state index contributed by atoms with van der Waals surface area (Å²) in [5.41, 5.74) is 3.12. The van der Waals surface area contributed by atoms with Crippen molar-refractivity contribution in [3.8, 4) is 0 Å². The maximum atomic E-state index is 12.9. The van der Waals surface area contributed by atoms with Gasteiger partial charge in [-0.25, -0.2) is 4.39 Å². The lowest BCUT2D eigenvalue weighted by Gasteiger charge is -2.05. The molecule has 0 aliphatic rings. The van der Waals surface area contributed by atoms with E-state index in [9.17, 15) is 4.39 Å². The third-order valence-corrected chi connectivity index (χ3v) is 3.98. The van der Waals surface area contributed by atoms with Gasteiger partial charge in [0.2, 0.25) is 0 Å². The van der Waals surface area contributed by atoms with Gasteiger partial charge in [-0.05, 0) is 70.7 Å². The number of rotatable bonds is 2. The molecule has 0 aliphatic heterocycles. The molecule has 0 bridgehead atoms. The molecule has 96 valence electrons. The monoisotopic (exact) mass is 384 g/mol. The minimum Gasteiger partial charge on any atom is -0.331 e. The molecule has 2 nitrogen and oxygen atoms in total. The zero-order chi connectivity index (χ0) is 13.4. The van der Waals surface area contributed by atoms with Crippen LogP contribution in [-0.4, -0.2) is 9.55 Å². The van der Waals surface area contributed by atoms with E-state index in [1.165, 1.54) is 12.1 Å². The van der Waals surface area contributed by atoms with Crippen molar-refractivity contribution in [1.29, 1.82) is 0 Å². The Labute approximate surface area is 128 Å². The van der Waals surface area contributed by atoms with Gasteiger partial charge in [0.15, 0.2) is 4.77 Å². The van der Waals surface area contributed by atoms with Crippen molar-refractivity contribution >= 4 is 45.8 Å². The number of benzene rings is 2. The van der Waals surface area contributed by atoms with Crippen molar-refractivity contribution in [2.45, 2.75) is 6.54 Å². The normalized spacial score (nSPS) is 11.1. The second kappa shape index (κ2) is 5.05. The Morgan fingerprint density at radius 3 is 2.63 bits per heavy atom. The fourth-order valence-electron chi connectivity index (χ4n) is 2.07. The minimum absolute atomic E-state index is 0.221. The summed E-state index contributed by atoms with van der Waals surface area (Å²) in [6.07, 6.45) is 0. The number of halogens is 2. The van der Waals surface area contributed by atoms with E-state index in [1.807, 2.05) is 16.7 Å². The average Bonchev–Trinajstić information content (AvgIpc) is 2.68. The largest absolute Gasteiger partial charge is 0.331 e. The Balaban J connectivity index is 2.07. The molecule has 3 aromatic rings. The topological polar surface area (TPSA) is 20.7 Å². The number of hydrogen-bond donors (Lipinski definition) is 1. The summed E-state index contributed by atoms with van der Waals surface area (Å²) in [6, 6.07) is 12.7. The highest BCUT2D eigenvalue weighted by Crippen LogP contribution is 2.18. The van der Waals surface area contributed by atoms with Crippen LogP contribution in [0.25, 0.3) is 11.0 Å². The van der Waals surface area contributed by atoms with Gasteiger partial charge in [-0.15, -0.1) is 0 Å². The predicted molar refractivity (Wildman–Crippen MR) is 85.3 cm³/mol. The van der Waals surface area contributed by atoms with Gasteiger partial charge in [-0.2, -0.15) is 0 Å². The molecule has 0 fully saturated rings. The fraction of sp³-hybridized carbons (Fsp3) is 0.0714. The summed E-state index contributed by atoms with van der Waals surface area (Å²) >= 11 is 7.62. The summed E-state index contributed by atoms with van der Waals surface area (Å²) in [5.74, 6) is -0.221. The van der Waals surface area contributed by atoms with E-state index in [4.69, 9.17) is 12.2 Å². The van der Waals surface area contributed by atoms with E-state index < -0.39 is 0 Å². The van der Waals surface area contributed by atoms with E-state index in [0.29, 0.717) is 11.3 Å². The van der Waals surface area contributed by atoms with Crippen molar-refractivity contribution < 1.29 is 4.39 Å². The van der Waals surface area contributed by atoms with Gasteiger partial charge >= 0.3 is 0 Å². The van der Waals surface area contributed by atoms with Crippen molar-refractivity contribution in [1.82, 2.24) is 9.55 Å². The summed E-state index contributed by atoms with van der Waals surface area (Å²) < 4.78 is 16.8. The molecule has 0 saturated carbocycles. The Morgan fingerprint density at radius 2 is 1.89 bits per heavy atom. The first kappa shape index (κ1) is 12.8. The van der Waals surface area contributed by atoms with Crippen LogP contribution in [0.1, 0.15) is 5.56 Å². The second-order valence-electron chi connectivity index (χ2n) is 4.30. The van der Waals surface area contributed by atoms with Crippen LogP contribution in [0.4, 0.5) is 4.39 Å². The Morgan fingerprint density at radius 1 is 1.16 bits per heavy atom.